The number of ether oxygens (including phenoxy) is 1. The number of carbonyl (C=O) groups excluding carboxylic acids is 1. The number of hydrogen-bond acceptors (Lipinski definition) is 5. The molecule has 4 rings (SSSR count). The summed E-state index contributed by atoms with van der Waals surface area (Å²) in [6.45, 7) is -1.68. The fraction of sp³-hybridized carbons (Fsp3) is 0.917. The van der Waals surface area contributed by atoms with E-state index in [0.717, 1.165) is 0 Å². The third-order valence-electron chi connectivity index (χ3n) is 6.08. The normalized spacial score (nSPS) is 49.5. The van der Waals surface area contributed by atoms with Crippen LogP contribution in [0.2, 0.25) is 0 Å². The molecule has 6 nitrogen and oxygen atoms in total. The summed E-state index contributed by atoms with van der Waals surface area (Å²) >= 11 is 0. The Balaban J connectivity index is 1.47. The molecule has 4 aliphatic rings. The summed E-state index contributed by atoms with van der Waals surface area (Å²) in [6, 6.07) is 0. The number of carbonyl (C=O) groups is 1. The lowest BCUT2D eigenvalue weighted by Crippen LogP contribution is -2.65. The standard InChI is InChI=1S/C12H14F2O6S/c13-12(14,21(17,18)19)5-20-8(15)9-1-6-2-11(16)4-10(9,3-9)7(6)11/h6-7,16H,1-5H2,(H,17,18,19). The summed E-state index contributed by atoms with van der Waals surface area (Å²) in [5.41, 5.74) is -1.85. The molecule has 0 saturated heterocycles. The molecular weight excluding hydrogens is 310 g/mol. The minimum absolute atomic E-state index is 0.0552. The molecule has 0 heterocycles. The average molecular weight is 324 g/mol. The van der Waals surface area contributed by atoms with Crippen LogP contribution in [0.1, 0.15) is 25.7 Å². The van der Waals surface area contributed by atoms with Gasteiger partial charge in [0.1, 0.15) is 0 Å². The van der Waals surface area contributed by atoms with Crippen LogP contribution in [-0.4, -0.2) is 41.5 Å². The van der Waals surface area contributed by atoms with Crippen molar-refractivity contribution in [3.8, 4) is 0 Å². The van der Waals surface area contributed by atoms with Crippen molar-refractivity contribution in [1.29, 1.82) is 0 Å². The van der Waals surface area contributed by atoms with Crippen molar-refractivity contribution in [2.75, 3.05) is 6.61 Å². The second kappa shape index (κ2) is 3.26. The molecule has 5 atom stereocenters. The van der Waals surface area contributed by atoms with Gasteiger partial charge in [-0.1, -0.05) is 0 Å². The van der Waals surface area contributed by atoms with Gasteiger partial charge >= 0.3 is 21.3 Å². The molecule has 0 bridgehead atoms. The first kappa shape index (κ1) is 13.8. The predicted molar refractivity (Wildman–Crippen MR) is 62.7 cm³/mol. The fourth-order valence-electron chi connectivity index (χ4n) is 5.42. The van der Waals surface area contributed by atoms with Gasteiger partial charge in [0.15, 0.2) is 6.61 Å². The molecule has 2 N–H and O–H groups in total. The summed E-state index contributed by atoms with van der Waals surface area (Å²) in [7, 11) is -5.60. The van der Waals surface area contributed by atoms with Crippen LogP contribution in [0.15, 0.2) is 0 Å². The van der Waals surface area contributed by atoms with E-state index in [1.165, 1.54) is 0 Å². The Labute approximate surface area is 119 Å². The first-order chi connectivity index (χ1) is 9.48. The van der Waals surface area contributed by atoms with Crippen molar-refractivity contribution < 1.29 is 36.4 Å². The minimum atomic E-state index is -5.60. The highest BCUT2D eigenvalue weighted by molar-refractivity contribution is 7.86. The lowest BCUT2D eigenvalue weighted by molar-refractivity contribution is -0.240. The van der Waals surface area contributed by atoms with Crippen LogP contribution < -0.4 is 0 Å². The SMILES string of the molecule is O=C(OCC(F)(F)S(=O)(=O)O)C12CC3CC4(O)CC1(C2)C34. The van der Waals surface area contributed by atoms with Gasteiger partial charge in [-0.15, -0.1) is 0 Å². The van der Waals surface area contributed by atoms with Crippen LogP contribution in [-0.2, 0) is 19.6 Å². The van der Waals surface area contributed by atoms with Crippen molar-refractivity contribution in [1.82, 2.24) is 0 Å². The van der Waals surface area contributed by atoms with Gasteiger partial charge in [-0.2, -0.15) is 17.2 Å². The van der Waals surface area contributed by atoms with Crippen LogP contribution in [0.5, 0.6) is 0 Å². The quantitative estimate of drug-likeness (QED) is 0.579. The Morgan fingerprint density at radius 1 is 1.33 bits per heavy atom. The van der Waals surface area contributed by atoms with Gasteiger partial charge in [0.05, 0.1) is 11.0 Å². The Morgan fingerprint density at radius 3 is 2.52 bits per heavy atom. The zero-order valence-electron chi connectivity index (χ0n) is 10.9. The number of aliphatic hydroxyl groups is 1. The van der Waals surface area contributed by atoms with Gasteiger partial charge in [-0.25, -0.2) is 0 Å². The molecule has 0 radical (unpaired) electrons. The second-order valence-corrected chi connectivity index (χ2v) is 8.58. The smallest absolute Gasteiger partial charge is 0.402 e. The monoisotopic (exact) mass is 324 g/mol. The van der Waals surface area contributed by atoms with Gasteiger partial charge in [0.25, 0.3) is 0 Å². The van der Waals surface area contributed by atoms with Gasteiger partial charge in [0.2, 0.25) is 0 Å². The van der Waals surface area contributed by atoms with Crippen molar-refractivity contribution in [3.05, 3.63) is 0 Å². The van der Waals surface area contributed by atoms with Crippen molar-refractivity contribution in [3.63, 3.8) is 0 Å². The zero-order chi connectivity index (χ0) is 15.5. The highest BCUT2D eigenvalue weighted by atomic mass is 32.2. The number of rotatable bonds is 4. The van der Waals surface area contributed by atoms with E-state index >= 15 is 0 Å². The third kappa shape index (κ3) is 1.34. The molecule has 0 aromatic heterocycles. The number of esters is 1. The van der Waals surface area contributed by atoms with Crippen LogP contribution in [0, 0.1) is 22.7 Å². The molecule has 9 heteroatoms. The Hall–Kier alpha value is -0.800. The molecule has 4 fully saturated rings. The average Bonchev–Trinajstić information content (AvgIpc) is 2.89. The molecule has 0 amide bonds. The van der Waals surface area contributed by atoms with Crippen LogP contribution in [0.3, 0.4) is 0 Å². The second-order valence-electron chi connectivity index (χ2n) is 7.03. The van der Waals surface area contributed by atoms with Crippen molar-refractivity contribution >= 4 is 16.1 Å². The number of halogens is 2. The summed E-state index contributed by atoms with van der Waals surface area (Å²) < 4.78 is 60.0. The van der Waals surface area contributed by atoms with Crippen molar-refractivity contribution in [2.45, 2.75) is 36.5 Å². The summed E-state index contributed by atoms with van der Waals surface area (Å²) in [4.78, 5) is 12.1. The van der Waals surface area contributed by atoms with Crippen LogP contribution >= 0.6 is 0 Å². The first-order valence-electron chi connectivity index (χ1n) is 6.72. The molecule has 0 aromatic carbocycles. The van der Waals surface area contributed by atoms with E-state index in [9.17, 15) is 27.1 Å². The Kier molecular flexibility index (Phi) is 2.14. The fourth-order valence-corrected chi connectivity index (χ4v) is 5.63. The first-order valence-corrected chi connectivity index (χ1v) is 8.16. The lowest BCUT2D eigenvalue weighted by Gasteiger charge is -2.63. The van der Waals surface area contributed by atoms with E-state index in [1.54, 1.807) is 0 Å². The number of alkyl halides is 2. The maximum atomic E-state index is 13.1. The van der Waals surface area contributed by atoms with E-state index in [0.29, 0.717) is 25.7 Å². The number of hydrogen-bond donors (Lipinski definition) is 2. The van der Waals surface area contributed by atoms with E-state index in [1.807, 2.05) is 0 Å². The van der Waals surface area contributed by atoms with Gasteiger partial charge in [-0.05, 0) is 42.9 Å². The molecule has 1 spiro atoms. The van der Waals surface area contributed by atoms with Crippen LogP contribution in [0.4, 0.5) is 8.78 Å². The van der Waals surface area contributed by atoms with Gasteiger partial charge in [-0.3, -0.25) is 9.35 Å². The Bertz CT molecular complexity index is 663. The summed E-state index contributed by atoms with van der Waals surface area (Å²) in [5, 5.41) is 5.62. The van der Waals surface area contributed by atoms with E-state index < -0.39 is 39.0 Å². The highest BCUT2D eigenvalue weighted by Crippen LogP contribution is 2.92. The lowest BCUT2D eigenvalue weighted by atomic mass is 9.45. The molecule has 4 saturated carbocycles. The predicted octanol–water partition coefficient (Wildman–Crippen LogP) is 0.561. The van der Waals surface area contributed by atoms with E-state index in [2.05, 4.69) is 4.74 Å². The maximum Gasteiger partial charge on any atom is 0.402 e. The third-order valence-corrected chi connectivity index (χ3v) is 6.95. The largest absolute Gasteiger partial charge is 0.457 e. The zero-order valence-corrected chi connectivity index (χ0v) is 11.7. The molecule has 21 heavy (non-hydrogen) atoms. The molecule has 0 aliphatic heterocycles. The highest BCUT2D eigenvalue weighted by Gasteiger charge is 2.93. The topological polar surface area (TPSA) is 101 Å². The summed E-state index contributed by atoms with van der Waals surface area (Å²) in [6.07, 6.45) is 2.15. The molecule has 0 aromatic rings. The molecular formula is C12H14F2O6S. The van der Waals surface area contributed by atoms with E-state index in [4.69, 9.17) is 4.55 Å². The van der Waals surface area contributed by atoms with Gasteiger partial charge < -0.3 is 9.84 Å². The molecule has 5 unspecified atom stereocenters. The maximum absolute atomic E-state index is 13.1. The minimum Gasteiger partial charge on any atom is -0.457 e. The van der Waals surface area contributed by atoms with Crippen LogP contribution in [0.25, 0.3) is 0 Å². The molecule has 118 valence electrons. The van der Waals surface area contributed by atoms with Crippen molar-refractivity contribution in [2.24, 2.45) is 22.7 Å². The molecule has 4 aliphatic carbocycles. The van der Waals surface area contributed by atoms with Gasteiger partial charge in [0, 0.05) is 0 Å². The Morgan fingerprint density at radius 2 is 2.00 bits per heavy atom. The summed E-state index contributed by atoms with van der Waals surface area (Å²) in [5.74, 6) is -0.547. The van der Waals surface area contributed by atoms with E-state index in [-0.39, 0.29) is 17.3 Å².